The topological polar surface area (TPSA) is 143 Å². The van der Waals surface area contributed by atoms with E-state index in [1.165, 1.54) is 34.6 Å². The van der Waals surface area contributed by atoms with Crippen LogP contribution in [0, 0.1) is 0 Å². The number of aliphatic hydroxyl groups is 3. The molecule has 0 bridgehead atoms. The summed E-state index contributed by atoms with van der Waals surface area (Å²) in [6.07, 6.45) is 0.516. The van der Waals surface area contributed by atoms with Gasteiger partial charge in [-0.3, -0.25) is 14.5 Å². The van der Waals surface area contributed by atoms with Crippen molar-refractivity contribution in [2.24, 2.45) is 0 Å². The average molecular weight is 458 g/mol. The number of fused-ring (bicyclic) bond motifs is 1. The molecule has 4 unspecified atom stereocenters. The van der Waals surface area contributed by atoms with Gasteiger partial charge in [0.05, 0.1) is 18.1 Å². The summed E-state index contributed by atoms with van der Waals surface area (Å²) < 4.78 is 15.9. The fraction of sp³-hybridized carbons (Fsp3) is 0.773. The molecule has 0 spiro atoms. The average Bonchev–Trinajstić information content (AvgIpc) is 3.18. The highest BCUT2D eigenvalue weighted by atomic mass is 16.6. The zero-order chi connectivity index (χ0) is 24.5. The van der Waals surface area contributed by atoms with E-state index >= 15 is 0 Å². The molecule has 0 aromatic rings. The predicted molar refractivity (Wildman–Crippen MR) is 112 cm³/mol. The van der Waals surface area contributed by atoms with Crippen molar-refractivity contribution in [2.75, 3.05) is 19.7 Å². The Labute approximate surface area is 188 Å². The van der Waals surface area contributed by atoms with Gasteiger partial charge in [-0.1, -0.05) is 6.08 Å². The van der Waals surface area contributed by atoms with Crippen molar-refractivity contribution in [2.45, 2.75) is 89.4 Å². The lowest BCUT2D eigenvalue weighted by atomic mass is 9.81. The van der Waals surface area contributed by atoms with Crippen LogP contribution in [-0.4, -0.2) is 92.9 Å². The van der Waals surface area contributed by atoms with E-state index in [0.717, 1.165) is 6.92 Å². The van der Waals surface area contributed by atoms with E-state index in [9.17, 15) is 29.7 Å². The summed E-state index contributed by atoms with van der Waals surface area (Å²) in [7, 11) is 0. The maximum Gasteiger partial charge on any atom is 0.345 e. The third-order valence-electron chi connectivity index (χ3n) is 5.82. The van der Waals surface area contributed by atoms with Crippen molar-refractivity contribution in [1.29, 1.82) is 0 Å². The second-order valence-corrected chi connectivity index (χ2v) is 9.68. The first-order valence-electron chi connectivity index (χ1n) is 10.7. The van der Waals surface area contributed by atoms with Crippen LogP contribution in [0.15, 0.2) is 11.6 Å². The molecular formula is C22H35NO9. The van der Waals surface area contributed by atoms with E-state index in [-0.39, 0.29) is 19.1 Å². The largest absolute Gasteiger partial charge is 0.460 e. The molecule has 182 valence electrons. The Morgan fingerprint density at radius 3 is 2.34 bits per heavy atom. The van der Waals surface area contributed by atoms with Gasteiger partial charge in [0, 0.05) is 20.0 Å². The molecule has 0 aromatic heterocycles. The van der Waals surface area contributed by atoms with Gasteiger partial charge in [0.15, 0.2) is 0 Å². The number of rotatable bonds is 9. The summed E-state index contributed by atoms with van der Waals surface area (Å²) in [6.45, 7) is 9.01. The van der Waals surface area contributed by atoms with Crippen molar-refractivity contribution in [3.8, 4) is 0 Å². The number of carbonyl (C=O) groups excluding carboxylic acids is 3. The van der Waals surface area contributed by atoms with Crippen LogP contribution in [-0.2, 0) is 28.6 Å². The number of nitrogens with zero attached hydrogens (tertiary/aromatic N) is 1. The minimum atomic E-state index is -2.49. The first kappa shape index (κ1) is 26.2. The third kappa shape index (κ3) is 5.86. The summed E-state index contributed by atoms with van der Waals surface area (Å²) in [5, 5.41) is 31.2. The molecule has 2 rings (SSSR count). The maximum atomic E-state index is 12.8. The molecule has 0 radical (unpaired) electrons. The van der Waals surface area contributed by atoms with Crippen LogP contribution in [0.25, 0.3) is 0 Å². The summed E-state index contributed by atoms with van der Waals surface area (Å²) in [5.41, 5.74) is -4.93. The van der Waals surface area contributed by atoms with Crippen LogP contribution in [0.1, 0.15) is 54.4 Å². The van der Waals surface area contributed by atoms with Gasteiger partial charge in [-0.05, 0) is 46.6 Å². The van der Waals surface area contributed by atoms with Gasteiger partial charge in [-0.25, -0.2) is 4.79 Å². The fourth-order valence-electron chi connectivity index (χ4n) is 4.20. The third-order valence-corrected chi connectivity index (χ3v) is 5.82. The lowest BCUT2D eigenvalue weighted by Gasteiger charge is -2.39. The second-order valence-electron chi connectivity index (χ2n) is 9.68. The molecule has 10 heteroatoms. The highest BCUT2D eigenvalue weighted by Crippen LogP contribution is 2.33. The van der Waals surface area contributed by atoms with Crippen molar-refractivity contribution >= 4 is 17.9 Å². The van der Waals surface area contributed by atoms with Crippen LogP contribution in [0.2, 0.25) is 0 Å². The van der Waals surface area contributed by atoms with Gasteiger partial charge in [0.2, 0.25) is 5.60 Å². The van der Waals surface area contributed by atoms with Crippen molar-refractivity contribution in [1.82, 2.24) is 4.90 Å². The van der Waals surface area contributed by atoms with Crippen LogP contribution in [0.5, 0.6) is 0 Å². The molecule has 0 amide bonds. The van der Waals surface area contributed by atoms with E-state index in [1.807, 2.05) is 6.08 Å². The maximum absolute atomic E-state index is 12.8. The Bertz CT molecular complexity index is 764. The molecule has 2 aliphatic heterocycles. The SMILES string of the molecule is CC(=O)OC(C)C(O)(C(=O)OCC1=CCN2CCC(OC(=O)CC(C)(C)O)C12)C(C)(C)O. The van der Waals surface area contributed by atoms with E-state index in [4.69, 9.17) is 14.2 Å². The van der Waals surface area contributed by atoms with Gasteiger partial charge in [0.1, 0.15) is 24.4 Å². The summed E-state index contributed by atoms with van der Waals surface area (Å²) >= 11 is 0. The fourth-order valence-corrected chi connectivity index (χ4v) is 4.20. The minimum Gasteiger partial charge on any atom is -0.460 e. The lowest BCUT2D eigenvalue weighted by molar-refractivity contribution is -0.219. The molecule has 10 nitrogen and oxygen atoms in total. The monoisotopic (exact) mass is 457 g/mol. The quantitative estimate of drug-likeness (QED) is 0.247. The van der Waals surface area contributed by atoms with Gasteiger partial charge in [-0.15, -0.1) is 0 Å². The molecule has 3 N–H and O–H groups in total. The number of hydrogen-bond donors (Lipinski definition) is 3. The number of esters is 3. The molecule has 4 atom stereocenters. The highest BCUT2D eigenvalue weighted by Gasteiger charge is 2.56. The normalized spacial score (nSPS) is 24.2. The zero-order valence-corrected chi connectivity index (χ0v) is 19.6. The van der Waals surface area contributed by atoms with Gasteiger partial charge in [0.25, 0.3) is 0 Å². The van der Waals surface area contributed by atoms with Crippen LogP contribution >= 0.6 is 0 Å². The summed E-state index contributed by atoms with van der Waals surface area (Å²) in [4.78, 5) is 38.4. The lowest BCUT2D eigenvalue weighted by Crippen LogP contribution is -2.64. The predicted octanol–water partition coefficient (Wildman–Crippen LogP) is 0.0703. The molecular weight excluding hydrogens is 422 g/mol. The second kappa shape index (κ2) is 9.46. The van der Waals surface area contributed by atoms with E-state index in [0.29, 0.717) is 25.1 Å². The van der Waals surface area contributed by atoms with Gasteiger partial charge < -0.3 is 29.5 Å². The van der Waals surface area contributed by atoms with Crippen molar-refractivity contribution in [3.05, 3.63) is 11.6 Å². The molecule has 32 heavy (non-hydrogen) atoms. The molecule has 1 saturated heterocycles. The Morgan fingerprint density at radius 1 is 1.19 bits per heavy atom. The van der Waals surface area contributed by atoms with Crippen molar-refractivity contribution in [3.63, 3.8) is 0 Å². The summed E-state index contributed by atoms with van der Waals surface area (Å²) in [5.74, 6) is -2.37. The Morgan fingerprint density at radius 2 is 1.81 bits per heavy atom. The highest BCUT2D eigenvalue weighted by molar-refractivity contribution is 5.82. The number of ether oxygens (including phenoxy) is 3. The van der Waals surface area contributed by atoms with Crippen LogP contribution in [0.4, 0.5) is 0 Å². The minimum absolute atomic E-state index is 0.142. The van der Waals surface area contributed by atoms with Gasteiger partial charge in [-0.2, -0.15) is 0 Å². The molecule has 0 saturated carbocycles. The smallest absolute Gasteiger partial charge is 0.345 e. The summed E-state index contributed by atoms with van der Waals surface area (Å²) in [6, 6.07) is -0.283. The molecule has 2 aliphatic rings. The molecule has 0 aromatic carbocycles. The number of carbonyl (C=O) groups is 3. The first-order chi connectivity index (χ1) is 14.6. The van der Waals surface area contributed by atoms with Gasteiger partial charge >= 0.3 is 17.9 Å². The molecule has 2 heterocycles. The van der Waals surface area contributed by atoms with E-state index in [2.05, 4.69) is 4.90 Å². The van der Waals surface area contributed by atoms with Crippen LogP contribution < -0.4 is 0 Å². The Kier molecular flexibility index (Phi) is 7.76. The first-order valence-corrected chi connectivity index (χ1v) is 10.7. The standard InChI is InChI=1S/C22H35NO9/c1-13(31-14(2)24)22(29,21(5,6)28)19(26)30-12-15-7-9-23-10-8-16(18(15)23)32-17(25)11-20(3,4)27/h7,13,16,18,27-29H,8-12H2,1-6H3. The molecule has 0 aliphatic carbocycles. The van der Waals surface area contributed by atoms with E-state index < -0.39 is 46.9 Å². The zero-order valence-electron chi connectivity index (χ0n) is 19.6. The van der Waals surface area contributed by atoms with E-state index in [1.54, 1.807) is 0 Å². The Balaban J connectivity index is 2.07. The van der Waals surface area contributed by atoms with Crippen LogP contribution in [0.3, 0.4) is 0 Å². The van der Waals surface area contributed by atoms with Crippen molar-refractivity contribution < 1.29 is 43.9 Å². The molecule has 1 fully saturated rings. The number of hydrogen-bond acceptors (Lipinski definition) is 10. The Hall–Kier alpha value is -2.01.